The number of carbonyl (C=O) groups excluding carboxylic acids is 2. The first-order valence-corrected chi connectivity index (χ1v) is 11.9. The highest BCUT2D eigenvalue weighted by Crippen LogP contribution is 2.12. The number of esters is 1. The summed E-state index contributed by atoms with van der Waals surface area (Å²) in [4.78, 5) is 28.6. The average Bonchev–Trinajstić information content (AvgIpc) is 3.54. The van der Waals surface area contributed by atoms with E-state index in [0.717, 1.165) is 26.2 Å². The Balaban J connectivity index is 1.47. The SMILES string of the molecule is COC(=O)[C@H](CNC(=O)c1cc(OCCCNC2=NCCN2)no1)NS(=O)(=O)c1ccccc1. The Morgan fingerprint density at radius 2 is 2.06 bits per heavy atom. The highest BCUT2D eigenvalue weighted by molar-refractivity contribution is 7.89. The van der Waals surface area contributed by atoms with Crippen molar-refractivity contribution in [2.75, 3.05) is 39.9 Å². The van der Waals surface area contributed by atoms with E-state index in [2.05, 4.69) is 35.6 Å². The van der Waals surface area contributed by atoms with Crippen LogP contribution >= 0.6 is 0 Å². The van der Waals surface area contributed by atoms with Gasteiger partial charge in [0.05, 0.1) is 31.2 Å². The van der Waals surface area contributed by atoms with E-state index >= 15 is 0 Å². The van der Waals surface area contributed by atoms with Gasteiger partial charge in [-0.3, -0.25) is 14.6 Å². The molecule has 1 aromatic heterocycles. The van der Waals surface area contributed by atoms with Gasteiger partial charge in [-0.1, -0.05) is 18.2 Å². The molecule has 13 nitrogen and oxygen atoms in total. The van der Waals surface area contributed by atoms with E-state index in [1.165, 1.54) is 18.2 Å². The van der Waals surface area contributed by atoms with E-state index in [9.17, 15) is 18.0 Å². The minimum Gasteiger partial charge on any atom is -0.475 e. The molecule has 1 aliphatic heterocycles. The van der Waals surface area contributed by atoms with Crippen molar-refractivity contribution in [2.24, 2.45) is 4.99 Å². The molecule has 0 saturated carbocycles. The second kappa shape index (κ2) is 12.0. The number of hydrogen-bond acceptors (Lipinski definition) is 11. The van der Waals surface area contributed by atoms with Gasteiger partial charge in [-0.25, -0.2) is 8.42 Å². The van der Waals surface area contributed by atoms with Crippen molar-refractivity contribution < 1.29 is 32.0 Å². The fraction of sp³-hybridized carbons (Fsp3) is 0.400. The monoisotopic (exact) mass is 494 g/mol. The molecule has 0 aliphatic carbocycles. The number of guanidine groups is 1. The smallest absolute Gasteiger partial charge is 0.325 e. The molecule has 0 bridgehead atoms. The number of nitrogens with zero attached hydrogens (tertiary/aromatic N) is 2. The Morgan fingerprint density at radius 1 is 1.26 bits per heavy atom. The molecule has 1 amide bonds. The lowest BCUT2D eigenvalue weighted by atomic mass is 10.3. The first-order chi connectivity index (χ1) is 16.4. The zero-order valence-corrected chi connectivity index (χ0v) is 19.3. The summed E-state index contributed by atoms with van der Waals surface area (Å²) in [6.07, 6.45) is 0.664. The van der Waals surface area contributed by atoms with Crippen LogP contribution in [0.15, 0.2) is 50.8 Å². The third-order valence-corrected chi connectivity index (χ3v) is 6.04. The van der Waals surface area contributed by atoms with E-state index in [4.69, 9.17) is 9.26 Å². The Morgan fingerprint density at radius 3 is 2.76 bits per heavy atom. The first kappa shape index (κ1) is 25.0. The lowest BCUT2D eigenvalue weighted by Crippen LogP contribution is -2.48. The van der Waals surface area contributed by atoms with E-state index in [-0.39, 0.29) is 23.1 Å². The molecule has 0 spiro atoms. The van der Waals surface area contributed by atoms with Crippen molar-refractivity contribution >= 4 is 27.9 Å². The first-order valence-electron chi connectivity index (χ1n) is 10.4. The molecule has 1 aliphatic rings. The van der Waals surface area contributed by atoms with Crippen molar-refractivity contribution in [1.29, 1.82) is 0 Å². The molecule has 1 aromatic carbocycles. The zero-order chi connectivity index (χ0) is 24.4. The summed E-state index contributed by atoms with van der Waals surface area (Å²) in [6.45, 7) is 2.17. The van der Waals surface area contributed by atoms with Crippen molar-refractivity contribution in [3.05, 3.63) is 42.2 Å². The molecule has 0 radical (unpaired) electrons. The number of hydrogen-bond donors (Lipinski definition) is 4. The summed E-state index contributed by atoms with van der Waals surface area (Å²) in [7, 11) is -2.91. The number of benzene rings is 1. The molecular weight excluding hydrogens is 468 g/mol. The normalized spacial score (nSPS) is 14.0. The van der Waals surface area contributed by atoms with Crippen LogP contribution in [0.2, 0.25) is 0 Å². The Hall–Kier alpha value is -3.65. The van der Waals surface area contributed by atoms with Gasteiger partial charge in [0, 0.05) is 19.6 Å². The average molecular weight is 495 g/mol. The van der Waals surface area contributed by atoms with Crippen molar-refractivity contribution in [2.45, 2.75) is 17.4 Å². The summed E-state index contributed by atoms with van der Waals surface area (Å²) in [5.74, 6) is -0.851. The van der Waals surface area contributed by atoms with Crippen LogP contribution in [0, 0.1) is 0 Å². The molecule has 2 aromatic rings. The number of nitrogens with one attached hydrogen (secondary N) is 4. The lowest BCUT2D eigenvalue weighted by molar-refractivity contribution is -0.142. The largest absolute Gasteiger partial charge is 0.475 e. The highest BCUT2D eigenvalue weighted by Gasteiger charge is 2.27. The Bertz CT molecular complexity index is 1100. The van der Waals surface area contributed by atoms with Gasteiger partial charge in [0.2, 0.25) is 15.8 Å². The fourth-order valence-electron chi connectivity index (χ4n) is 2.86. The predicted molar refractivity (Wildman–Crippen MR) is 120 cm³/mol. The molecule has 0 saturated heterocycles. The number of methoxy groups -OCH3 is 1. The molecule has 4 N–H and O–H groups in total. The third kappa shape index (κ3) is 7.18. The second-order valence-electron chi connectivity index (χ2n) is 7.04. The van der Waals surface area contributed by atoms with Gasteiger partial charge in [-0.15, -0.1) is 0 Å². The second-order valence-corrected chi connectivity index (χ2v) is 8.75. The van der Waals surface area contributed by atoms with E-state index < -0.39 is 27.9 Å². The molecule has 34 heavy (non-hydrogen) atoms. The Labute approximate surface area is 196 Å². The molecule has 0 fully saturated rings. The Kier molecular flexibility index (Phi) is 8.81. The van der Waals surface area contributed by atoms with Crippen LogP contribution in [0.1, 0.15) is 17.0 Å². The van der Waals surface area contributed by atoms with Crippen LogP contribution in [-0.4, -0.2) is 77.3 Å². The van der Waals surface area contributed by atoms with Crippen LogP contribution < -0.4 is 25.4 Å². The topological polar surface area (TPSA) is 173 Å². The standard InChI is InChI=1S/C20H26N6O7S/c1-31-19(28)15(26-34(29,30)14-6-3-2-4-7-14)13-24-18(27)16-12-17(25-33-16)32-11-5-8-21-20-22-9-10-23-20/h2-4,6-7,12,15,26H,5,8-11,13H2,1H3,(H,24,27)(H2,21,22,23)/t15-/m0/s1. The van der Waals surface area contributed by atoms with Crippen LogP contribution in [0.5, 0.6) is 5.88 Å². The zero-order valence-electron chi connectivity index (χ0n) is 18.4. The predicted octanol–water partition coefficient (Wildman–Crippen LogP) is -0.758. The number of amides is 1. The number of sulfonamides is 1. The van der Waals surface area contributed by atoms with Crippen LogP contribution in [0.25, 0.3) is 0 Å². The minimum atomic E-state index is -4.02. The maximum atomic E-state index is 12.5. The maximum Gasteiger partial charge on any atom is 0.325 e. The third-order valence-electron chi connectivity index (χ3n) is 4.55. The van der Waals surface area contributed by atoms with Crippen molar-refractivity contribution in [3.63, 3.8) is 0 Å². The summed E-state index contributed by atoms with van der Waals surface area (Å²) in [6, 6.07) is 7.45. The van der Waals surface area contributed by atoms with E-state index in [1.807, 2.05) is 0 Å². The van der Waals surface area contributed by atoms with Gasteiger partial charge >= 0.3 is 5.97 Å². The van der Waals surface area contributed by atoms with Crippen LogP contribution in [-0.2, 0) is 19.6 Å². The number of rotatable bonds is 12. The van der Waals surface area contributed by atoms with Gasteiger partial charge < -0.3 is 29.9 Å². The van der Waals surface area contributed by atoms with E-state index in [1.54, 1.807) is 18.2 Å². The molecular formula is C20H26N6O7S. The summed E-state index contributed by atoms with van der Waals surface area (Å²) >= 11 is 0. The van der Waals surface area contributed by atoms with Gasteiger partial charge in [-0.05, 0) is 23.7 Å². The highest BCUT2D eigenvalue weighted by atomic mass is 32.2. The molecule has 184 valence electrons. The van der Waals surface area contributed by atoms with Gasteiger partial charge in [0.15, 0.2) is 5.96 Å². The fourth-order valence-corrected chi connectivity index (χ4v) is 4.06. The van der Waals surface area contributed by atoms with Gasteiger partial charge in [0.1, 0.15) is 6.04 Å². The number of aromatic nitrogens is 1. The molecule has 3 rings (SSSR count). The van der Waals surface area contributed by atoms with Gasteiger partial charge in [-0.2, -0.15) is 4.72 Å². The maximum absolute atomic E-state index is 12.5. The van der Waals surface area contributed by atoms with Crippen LogP contribution in [0.3, 0.4) is 0 Å². The molecule has 1 atom stereocenters. The van der Waals surface area contributed by atoms with Crippen molar-refractivity contribution in [3.8, 4) is 5.88 Å². The summed E-state index contributed by atoms with van der Waals surface area (Å²) in [5.41, 5.74) is 0. The van der Waals surface area contributed by atoms with Gasteiger partial charge in [0.25, 0.3) is 11.8 Å². The number of aliphatic imine (C=N–C) groups is 1. The lowest BCUT2D eigenvalue weighted by Gasteiger charge is -2.17. The van der Waals surface area contributed by atoms with E-state index in [0.29, 0.717) is 19.6 Å². The molecule has 0 unspecified atom stereocenters. The minimum absolute atomic E-state index is 0.0325. The summed E-state index contributed by atoms with van der Waals surface area (Å²) < 4.78 is 42.3. The number of carbonyl (C=O) groups is 2. The number of ether oxygens (including phenoxy) is 2. The molecule has 2 heterocycles. The summed E-state index contributed by atoms with van der Waals surface area (Å²) in [5, 5.41) is 12.3. The molecule has 14 heteroatoms. The quantitative estimate of drug-likeness (QED) is 0.217. The van der Waals surface area contributed by atoms with Crippen LogP contribution in [0.4, 0.5) is 0 Å². The van der Waals surface area contributed by atoms with Crippen molar-refractivity contribution in [1.82, 2.24) is 25.8 Å².